The van der Waals surface area contributed by atoms with Crippen molar-refractivity contribution in [1.82, 2.24) is 0 Å². The quantitative estimate of drug-likeness (QED) is 0.263. The number of carbonyl (C=O) groups is 1. The number of carboxylic acids is 1. The second-order valence-corrected chi connectivity index (χ2v) is 12.3. The number of hydrogen-bond acceptors (Lipinski definition) is 5. The van der Waals surface area contributed by atoms with Gasteiger partial charge in [-0.25, -0.2) is 21.6 Å². The molecular weight excluding hydrogens is 524 g/mol. The lowest BCUT2D eigenvalue weighted by Gasteiger charge is -2.13. The Morgan fingerprint density at radius 2 is 1.13 bits per heavy atom. The second-order valence-electron chi connectivity index (χ2n) is 8.90. The van der Waals surface area contributed by atoms with Crippen molar-refractivity contribution in [2.75, 3.05) is 9.44 Å². The summed E-state index contributed by atoms with van der Waals surface area (Å²) in [6.07, 6.45) is 0.357. The summed E-state index contributed by atoms with van der Waals surface area (Å²) in [4.78, 5) is 12.1. The highest BCUT2D eigenvalue weighted by molar-refractivity contribution is 7.93. The number of hydrogen-bond donors (Lipinski definition) is 3. The molecule has 0 aromatic heterocycles. The van der Waals surface area contributed by atoms with E-state index in [0.29, 0.717) is 17.7 Å². The molecule has 196 valence electrons. The molecule has 38 heavy (non-hydrogen) atoms. The number of carboxylic acid groups (broad SMARTS) is 1. The zero-order chi connectivity index (χ0) is 27.5. The minimum atomic E-state index is -3.97. The van der Waals surface area contributed by atoms with Crippen LogP contribution in [0.1, 0.15) is 32.6 Å². The first-order chi connectivity index (χ1) is 17.9. The van der Waals surface area contributed by atoms with Gasteiger partial charge in [0.15, 0.2) is 0 Å². The minimum Gasteiger partial charge on any atom is -0.478 e. The molecule has 0 heterocycles. The Hall–Kier alpha value is -4.15. The van der Waals surface area contributed by atoms with E-state index < -0.39 is 26.0 Å². The molecule has 0 amide bonds. The van der Waals surface area contributed by atoms with Crippen molar-refractivity contribution in [3.63, 3.8) is 0 Å². The van der Waals surface area contributed by atoms with Crippen molar-refractivity contribution in [2.24, 2.45) is 0 Å². The molecule has 0 spiro atoms. The van der Waals surface area contributed by atoms with Crippen molar-refractivity contribution in [2.45, 2.75) is 30.1 Å². The van der Waals surface area contributed by atoms with Gasteiger partial charge in [0.1, 0.15) is 0 Å². The fourth-order valence-corrected chi connectivity index (χ4v) is 5.88. The van der Waals surface area contributed by atoms with Gasteiger partial charge >= 0.3 is 5.97 Å². The average Bonchev–Trinajstić information content (AvgIpc) is 2.86. The van der Waals surface area contributed by atoms with E-state index in [1.54, 1.807) is 54.6 Å². The third kappa shape index (κ3) is 6.39. The van der Waals surface area contributed by atoms with Crippen LogP contribution in [-0.4, -0.2) is 27.9 Å². The summed E-state index contributed by atoms with van der Waals surface area (Å²) >= 11 is 0. The molecule has 0 atom stereocenters. The molecule has 8 nitrogen and oxygen atoms in total. The Bertz CT molecular complexity index is 1680. The summed E-state index contributed by atoms with van der Waals surface area (Å²) < 4.78 is 55.6. The number of sulfonamides is 2. The number of aromatic carboxylic acids is 1. The first kappa shape index (κ1) is 26.9. The van der Waals surface area contributed by atoms with Crippen LogP contribution in [0.15, 0.2) is 101 Å². The predicted octanol–water partition coefficient (Wildman–Crippen LogP) is 5.19. The summed E-state index contributed by atoms with van der Waals surface area (Å²) in [7, 11) is -7.70. The SMILES string of the molecule is Cc1ccc(S(=O)(=O)Nc2ccc(Cc3ccc(NS(=O)(=O)c4ccc(C)cc4)c(C(=O)O)c3)cc2)cc1. The van der Waals surface area contributed by atoms with Crippen LogP contribution in [0.4, 0.5) is 11.4 Å². The number of nitrogens with one attached hydrogen (secondary N) is 2. The molecule has 0 aliphatic heterocycles. The van der Waals surface area contributed by atoms with Gasteiger partial charge in [-0.3, -0.25) is 9.44 Å². The maximum Gasteiger partial charge on any atom is 0.337 e. The lowest BCUT2D eigenvalue weighted by atomic mass is 10.0. The van der Waals surface area contributed by atoms with Gasteiger partial charge in [-0.15, -0.1) is 0 Å². The maximum absolute atomic E-state index is 12.7. The summed E-state index contributed by atoms with van der Waals surface area (Å²) in [5.41, 5.74) is 3.48. The third-order valence-electron chi connectivity index (χ3n) is 5.84. The molecule has 0 radical (unpaired) electrons. The Morgan fingerprint density at radius 1 is 0.658 bits per heavy atom. The van der Waals surface area contributed by atoms with Gasteiger partial charge in [0.25, 0.3) is 20.0 Å². The van der Waals surface area contributed by atoms with Gasteiger partial charge in [-0.2, -0.15) is 0 Å². The van der Waals surface area contributed by atoms with Gasteiger partial charge in [0.2, 0.25) is 0 Å². The van der Waals surface area contributed by atoms with Crippen molar-refractivity contribution in [3.8, 4) is 0 Å². The van der Waals surface area contributed by atoms with E-state index in [-0.39, 0.29) is 21.0 Å². The van der Waals surface area contributed by atoms with Crippen LogP contribution >= 0.6 is 0 Å². The number of aryl methyl sites for hydroxylation is 2. The first-order valence-corrected chi connectivity index (χ1v) is 14.5. The summed E-state index contributed by atoms with van der Waals surface area (Å²) in [5.74, 6) is -1.27. The molecule has 0 unspecified atom stereocenters. The van der Waals surface area contributed by atoms with E-state index in [4.69, 9.17) is 0 Å². The molecule has 4 aromatic rings. The van der Waals surface area contributed by atoms with Crippen LogP contribution in [0.3, 0.4) is 0 Å². The fourth-order valence-electron chi connectivity index (χ4n) is 3.75. The maximum atomic E-state index is 12.7. The molecule has 0 saturated carbocycles. The summed E-state index contributed by atoms with van der Waals surface area (Å²) in [6.45, 7) is 3.71. The number of rotatable bonds is 9. The number of anilines is 2. The van der Waals surface area contributed by atoms with Crippen LogP contribution in [0.25, 0.3) is 0 Å². The highest BCUT2D eigenvalue weighted by Crippen LogP contribution is 2.24. The van der Waals surface area contributed by atoms with Gasteiger partial charge in [0.05, 0.1) is 21.0 Å². The van der Waals surface area contributed by atoms with Crippen molar-refractivity contribution < 1.29 is 26.7 Å². The van der Waals surface area contributed by atoms with Gasteiger partial charge in [-0.05, 0) is 79.9 Å². The Morgan fingerprint density at radius 3 is 1.63 bits per heavy atom. The molecule has 0 aliphatic rings. The first-order valence-electron chi connectivity index (χ1n) is 11.6. The Kier molecular flexibility index (Phi) is 7.56. The summed E-state index contributed by atoms with van der Waals surface area (Å²) in [5, 5.41) is 9.71. The largest absolute Gasteiger partial charge is 0.478 e. The molecule has 0 fully saturated rings. The molecule has 0 saturated heterocycles. The van der Waals surface area contributed by atoms with E-state index in [0.717, 1.165) is 16.7 Å². The van der Waals surface area contributed by atoms with E-state index >= 15 is 0 Å². The molecule has 10 heteroatoms. The zero-order valence-corrected chi connectivity index (χ0v) is 22.3. The molecule has 4 rings (SSSR count). The molecule has 0 bridgehead atoms. The number of benzene rings is 4. The predicted molar refractivity (Wildman–Crippen MR) is 147 cm³/mol. The Balaban J connectivity index is 1.50. The smallest absolute Gasteiger partial charge is 0.337 e. The van der Waals surface area contributed by atoms with Crippen molar-refractivity contribution >= 4 is 37.4 Å². The monoisotopic (exact) mass is 550 g/mol. The van der Waals surface area contributed by atoms with Crippen molar-refractivity contribution in [1.29, 1.82) is 0 Å². The fraction of sp³-hybridized carbons (Fsp3) is 0.107. The highest BCUT2D eigenvalue weighted by atomic mass is 32.2. The lowest BCUT2D eigenvalue weighted by Crippen LogP contribution is -2.16. The van der Waals surface area contributed by atoms with Gasteiger partial charge in [-0.1, -0.05) is 53.6 Å². The standard InChI is InChI=1S/C28H26N2O6S2/c1-19-3-12-24(13-4-19)37(33,34)29-23-10-7-21(8-11-23)17-22-9-16-27(26(18-22)28(31)32)30-38(35,36)25-14-5-20(2)6-15-25/h3-16,18,29-30H,17H2,1-2H3,(H,31,32). The van der Waals surface area contributed by atoms with Gasteiger partial charge < -0.3 is 5.11 Å². The van der Waals surface area contributed by atoms with Crippen molar-refractivity contribution in [3.05, 3.63) is 119 Å². The molecule has 4 aromatic carbocycles. The van der Waals surface area contributed by atoms with Crippen LogP contribution in [-0.2, 0) is 26.5 Å². The summed E-state index contributed by atoms with van der Waals surface area (Å²) in [6, 6.07) is 24.0. The van der Waals surface area contributed by atoms with E-state index in [1.807, 2.05) is 13.8 Å². The molecule has 3 N–H and O–H groups in total. The highest BCUT2D eigenvalue weighted by Gasteiger charge is 2.19. The van der Waals surface area contributed by atoms with Crippen LogP contribution in [0.2, 0.25) is 0 Å². The minimum absolute atomic E-state index is 0.0293. The van der Waals surface area contributed by atoms with E-state index in [1.165, 1.54) is 36.4 Å². The molecular formula is C28H26N2O6S2. The zero-order valence-electron chi connectivity index (χ0n) is 20.7. The molecule has 0 aliphatic carbocycles. The van der Waals surface area contributed by atoms with Crippen LogP contribution < -0.4 is 9.44 Å². The van der Waals surface area contributed by atoms with E-state index in [9.17, 15) is 26.7 Å². The second kappa shape index (κ2) is 10.7. The van der Waals surface area contributed by atoms with Gasteiger partial charge in [0, 0.05) is 5.69 Å². The average molecular weight is 551 g/mol. The normalized spacial score (nSPS) is 11.6. The lowest BCUT2D eigenvalue weighted by molar-refractivity contribution is 0.0698. The van der Waals surface area contributed by atoms with Crippen LogP contribution in [0, 0.1) is 13.8 Å². The van der Waals surface area contributed by atoms with E-state index in [2.05, 4.69) is 9.44 Å². The van der Waals surface area contributed by atoms with Crippen LogP contribution in [0.5, 0.6) is 0 Å². The topological polar surface area (TPSA) is 130 Å². The third-order valence-corrected chi connectivity index (χ3v) is 8.61. The Labute approximate surface area is 222 Å².